The molecule has 2 amide bonds. The molecule has 0 aliphatic carbocycles. The van der Waals surface area contributed by atoms with E-state index in [9.17, 15) is 9.59 Å². The highest BCUT2D eigenvalue weighted by Crippen LogP contribution is 2.38. The molecule has 0 saturated carbocycles. The van der Waals surface area contributed by atoms with Gasteiger partial charge in [-0.25, -0.2) is 9.78 Å². The topological polar surface area (TPSA) is 109 Å². The summed E-state index contributed by atoms with van der Waals surface area (Å²) in [5, 5.41) is 3.56. The third-order valence-electron chi connectivity index (χ3n) is 5.95. The summed E-state index contributed by atoms with van der Waals surface area (Å²) < 4.78 is 16.5. The number of amides is 2. The summed E-state index contributed by atoms with van der Waals surface area (Å²) in [7, 11) is 3.14. The van der Waals surface area contributed by atoms with Gasteiger partial charge in [0.15, 0.2) is 11.5 Å². The third-order valence-corrected chi connectivity index (χ3v) is 5.95. The van der Waals surface area contributed by atoms with E-state index >= 15 is 0 Å². The molecule has 0 unspecified atom stereocenters. The maximum absolute atomic E-state index is 12.8. The fourth-order valence-corrected chi connectivity index (χ4v) is 4.14. The second kappa shape index (κ2) is 11.1. The second-order valence-electron chi connectivity index (χ2n) is 8.21. The largest absolute Gasteiger partial charge is 0.493 e. The number of methoxy groups -OCH3 is 2. The average molecular weight is 482 g/mol. The van der Waals surface area contributed by atoms with Gasteiger partial charge in [0, 0.05) is 32.7 Å². The van der Waals surface area contributed by atoms with Crippen LogP contribution in [0.4, 0.5) is 4.79 Å². The molecule has 2 N–H and O–H groups in total. The Balaban J connectivity index is 1.31. The van der Waals surface area contributed by atoms with Gasteiger partial charge in [0.1, 0.15) is 5.82 Å². The monoisotopic (exact) mass is 481 g/mol. The Kier molecular flexibility index (Phi) is 7.71. The molecule has 0 bridgehead atoms. The van der Waals surface area contributed by atoms with Gasteiger partial charge in [-0.15, -0.1) is 0 Å². The molecule has 0 radical (unpaired) electrons. The molecular weight excluding hydrogens is 450 g/mol. The van der Waals surface area contributed by atoms with Crippen molar-refractivity contribution < 1.29 is 19.0 Å². The van der Waals surface area contributed by atoms with Crippen LogP contribution in [0.2, 0.25) is 0 Å². The van der Waals surface area contributed by atoms with Gasteiger partial charge in [0.05, 0.1) is 38.3 Å². The molecule has 186 valence electrons. The molecule has 0 spiro atoms. The number of nitrogens with zero attached hydrogens (tertiary/aromatic N) is 3. The summed E-state index contributed by atoms with van der Waals surface area (Å²) in [5.41, 5.74) is 1.40. The number of hydrogen-bond donors (Lipinski definition) is 2. The first kappa shape index (κ1) is 24.3. The molecule has 1 saturated heterocycles. The highest BCUT2D eigenvalue weighted by atomic mass is 16.5. The fraction of sp³-hybridized carbons (Fsp3) is 0.400. The molecule has 1 aliphatic heterocycles. The van der Waals surface area contributed by atoms with Crippen molar-refractivity contribution in [2.75, 3.05) is 47.0 Å². The minimum atomic E-state index is -0.133. The molecule has 35 heavy (non-hydrogen) atoms. The van der Waals surface area contributed by atoms with Crippen molar-refractivity contribution in [2.24, 2.45) is 0 Å². The van der Waals surface area contributed by atoms with E-state index in [1.165, 1.54) is 0 Å². The van der Waals surface area contributed by atoms with Crippen LogP contribution in [0.1, 0.15) is 18.3 Å². The number of aromatic nitrogens is 2. The number of carbonyl (C=O) groups is 1. The summed E-state index contributed by atoms with van der Waals surface area (Å²) in [4.78, 5) is 36.5. The number of hydrogen-bond acceptors (Lipinski definition) is 7. The Labute approximate surface area is 203 Å². The first-order valence-corrected chi connectivity index (χ1v) is 11.6. The minimum absolute atomic E-state index is 0.131. The van der Waals surface area contributed by atoms with Gasteiger partial charge in [0.25, 0.3) is 5.56 Å². The zero-order valence-electron chi connectivity index (χ0n) is 20.3. The van der Waals surface area contributed by atoms with Crippen LogP contribution in [0, 0.1) is 0 Å². The first-order chi connectivity index (χ1) is 17.0. The molecule has 1 fully saturated rings. The maximum atomic E-state index is 12.8. The predicted molar refractivity (Wildman–Crippen MR) is 132 cm³/mol. The summed E-state index contributed by atoms with van der Waals surface area (Å²) >= 11 is 0. The lowest BCUT2D eigenvalue weighted by molar-refractivity contribution is 0.133. The van der Waals surface area contributed by atoms with Crippen molar-refractivity contribution in [3.63, 3.8) is 0 Å². The van der Waals surface area contributed by atoms with Crippen LogP contribution in [0.5, 0.6) is 17.2 Å². The predicted octanol–water partition coefficient (Wildman–Crippen LogP) is 2.37. The number of benzene rings is 2. The number of urea groups is 1. The summed E-state index contributed by atoms with van der Waals surface area (Å²) in [6.45, 7) is 5.79. The van der Waals surface area contributed by atoms with Crippen molar-refractivity contribution in [2.45, 2.75) is 20.0 Å². The van der Waals surface area contributed by atoms with Crippen LogP contribution in [-0.4, -0.2) is 72.8 Å². The molecule has 10 nitrogen and oxygen atoms in total. The highest BCUT2D eigenvalue weighted by molar-refractivity contribution is 5.77. The van der Waals surface area contributed by atoms with Crippen molar-refractivity contribution in [1.82, 2.24) is 25.1 Å². The Morgan fingerprint density at radius 1 is 1.09 bits per heavy atom. The van der Waals surface area contributed by atoms with Gasteiger partial charge < -0.3 is 29.4 Å². The standard InChI is InChI=1S/C25H31N5O5/c1-4-35-23-20(33-2)13-17(14-21(23)34-3)15-26-25(32)30-11-9-29(10-12-30)16-22-27-19-8-6-5-7-18(19)24(31)28-22/h5-8,13-14H,4,9-12,15-16H2,1-3H3,(H,26,32)(H,27,28,31). The van der Waals surface area contributed by atoms with E-state index in [0.717, 1.165) is 5.56 Å². The number of para-hydroxylation sites is 1. The van der Waals surface area contributed by atoms with Crippen LogP contribution in [0.25, 0.3) is 10.9 Å². The van der Waals surface area contributed by atoms with Crippen molar-refractivity contribution in [3.05, 3.63) is 58.1 Å². The van der Waals surface area contributed by atoms with E-state index in [2.05, 4.69) is 20.2 Å². The van der Waals surface area contributed by atoms with Crippen LogP contribution in [0.15, 0.2) is 41.2 Å². The van der Waals surface area contributed by atoms with Crippen molar-refractivity contribution in [1.29, 1.82) is 0 Å². The molecule has 1 aromatic heterocycles. The number of rotatable bonds is 8. The first-order valence-electron chi connectivity index (χ1n) is 11.6. The van der Waals surface area contributed by atoms with Gasteiger partial charge in [-0.2, -0.15) is 0 Å². The van der Waals surface area contributed by atoms with Crippen LogP contribution < -0.4 is 25.1 Å². The van der Waals surface area contributed by atoms with Crippen molar-refractivity contribution in [3.8, 4) is 17.2 Å². The summed E-state index contributed by atoms with van der Waals surface area (Å²) in [6, 6.07) is 10.8. The number of fused-ring (bicyclic) bond motifs is 1. The normalized spacial score (nSPS) is 14.1. The lowest BCUT2D eigenvalue weighted by Gasteiger charge is -2.34. The number of H-pyrrole nitrogens is 1. The zero-order chi connectivity index (χ0) is 24.8. The van der Waals surface area contributed by atoms with Gasteiger partial charge in [0.2, 0.25) is 5.75 Å². The number of carbonyl (C=O) groups excluding carboxylic acids is 1. The second-order valence-corrected chi connectivity index (χ2v) is 8.21. The molecule has 0 atom stereocenters. The number of ether oxygens (including phenoxy) is 3. The SMILES string of the molecule is CCOc1c(OC)cc(CNC(=O)N2CCN(Cc3nc4ccccc4c(=O)[nH]3)CC2)cc1OC. The average Bonchev–Trinajstić information content (AvgIpc) is 2.88. The zero-order valence-corrected chi connectivity index (χ0v) is 20.3. The Bertz CT molecular complexity index is 1210. The molecule has 2 heterocycles. The summed E-state index contributed by atoms with van der Waals surface area (Å²) in [5.74, 6) is 2.30. The van der Waals surface area contributed by atoms with E-state index in [-0.39, 0.29) is 11.6 Å². The van der Waals surface area contributed by atoms with Gasteiger partial charge in [-0.05, 0) is 36.8 Å². The van der Waals surface area contributed by atoms with Gasteiger partial charge >= 0.3 is 6.03 Å². The summed E-state index contributed by atoms with van der Waals surface area (Å²) in [6.07, 6.45) is 0. The van der Waals surface area contributed by atoms with E-state index in [1.54, 1.807) is 25.2 Å². The molecule has 3 aromatic rings. The van der Waals surface area contributed by atoms with E-state index in [0.29, 0.717) is 79.9 Å². The van der Waals surface area contributed by atoms with Crippen LogP contribution >= 0.6 is 0 Å². The maximum Gasteiger partial charge on any atom is 0.317 e. The van der Waals surface area contributed by atoms with E-state index in [4.69, 9.17) is 14.2 Å². The van der Waals surface area contributed by atoms with Crippen LogP contribution in [-0.2, 0) is 13.1 Å². The molecule has 1 aliphatic rings. The highest BCUT2D eigenvalue weighted by Gasteiger charge is 2.22. The Hall–Kier alpha value is -3.79. The van der Waals surface area contributed by atoms with Gasteiger partial charge in [-0.1, -0.05) is 12.1 Å². The number of aromatic amines is 1. The van der Waals surface area contributed by atoms with E-state index in [1.807, 2.05) is 37.3 Å². The molecule has 4 rings (SSSR count). The smallest absolute Gasteiger partial charge is 0.317 e. The third kappa shape index (κ3) is 5.65. The Morgan fingerprint density at radius 3 is 2.43 bits per heavy atom. The van der Waals surface area contributed by atoms with Gasteiger partial charge in [-0.3, -0.25) is 9.69 Å². The number of nitrogens with one attached hydrogen (secondary N) is 2. The molecule has 2 aromatic carbocycles. The van der Waals surface area contributed by atoms with Crippen molar-refractivity contribution >= 4 is 16.9 Å². The lowest BCUT2D eigenvalue weighted by Crippen LogP contribution is -2.51. The van der Waals surface area contributed by atoms with E-state index < -0.39 is 0 Å². The quantitative estimate of drug-likeness (QED) is 0.508. The fourth-order valence-electron chi connectivity index (χ4n) is 4.14. The molecular formula is C25H31N5O5. The van der Waals surface area contributed by atoms with Crippen LogP contribution in [0.3, 0.4) is 0 Å². The minimum Gasteiger partial charge on any atom is -0.493 e. The number of piperazine rings is 1. The Morgan fingerprint density at radius 2 is 1.77 bits per heavy atom. The lowest BCUT2D eigenvalue weighted by atomic mass is 10.1. The molecule has 10 heteroatoms.